The zero-order valence-electron chi connectivity index (χ0n) is 8.90. The summed E-state index contributed by atoms with van der Waals surface area (Å²) in [5.41, 5.74) is 4.42. The van der Waals surface area contributed by atoms with Gasteiger partial charge in [0.25, 0.3) is 5.91 Å². The molecule has 5 heteroatoms. The Morgan fingerprint density at radius 2 is 2.18 bits per heavy atom. The lowest BCUT2D eigenvalue weighted by Gasteiger charge is -1.99. The van der Waals surface area contributed by atoms with Crippen molar-refractivity contribution in [1.29, 1.82) is 0 Å². The van der Waals surface area contributed by atoms with Gasteiger partial charge in [-0.05, 0) is 30.3 Å². The van der Waals surface area contributed by atoms with Gasteiger partial charge in [0.05, 0.1) is 0 Å². The van der Waals surface area contributed by atoms with E-state index in [-0.39, 0.29) is 5.91 Å². The molecule has 1 amide bonds. The molecule has 4 N–H and O–H groups in total. The summed E-state index contributed by atoms with van der Waals surface area (Å²) in [6.45, 7) is 0. The fourth-order valence-corrected chi connectivity index (χ4v) is 1.95. The Labute approximate surface area is 96.6 Å². The number of nitrogen functional groups attached to an aromatic ring is 1. The van der Waals surface area contributed by atoms with Crippen molar-refractivity contribution < 1.29 is 4.79 Å². The molecule has 17 heavy (non-hydrogen) atoms. The van der Waals surface area contributed by atoms with Crippen LogP contribution >= 0.6 is 0 Å². The summed E-state index contributed by atoms with van der Waals surface area (Å²) in [5.74, 6) is 4.82. The van der Waals surface area contributed by atoms with Crippen molar-refractivity contribution in [1.82, 2.24) is 15.4 Å². The Morgan fingerprint density at radius 3 is 3.00 bits per heavy atom. The number of hydrazine groups is 1. The van der Waals surface area contributed by atoms with Crippen LogP contribution < -0.4 is 11.3 Å². The number of benzene rings is 1. The molecule has 1 aromatic carbocycles. The first kappa shape index (κ1) is 9.80. The molecule has 0 atom stereocenters. The molecule has 0 saturated heterocycles. The molecule has 84 valence electrons. The summed E-state index contributed by atoms with van der Waals surface area (Å²) in [6.07, 6.45) is 1.73. The topological polar surface area (TPSA) is 83.8 Å². The molecule has 0 bridgehead atoms. The first-order chi connectivity index (χ1) is 8.29. The van der Waals surface area contributed by atoms with E-state index < -0.39 is 0 Å². The fraction of sp³-hybridized carbons (Fsp3) is 0. The van der Waals surface area contributed by atoms with Crippen molar-refractivity contribution in [3.63, 3.8) is 0 Å². The normalized spacial score (nSPS) is 10.9. The average molecular weight is 226 g/mol. The van der Waals surface area contributed by atoms with Gasteiger partial charge in [0, 0.05) is 28.0 Å². The lowest BCUT2D eigenvalue weighted by Crippen LogP contribution is -2.29. The number of hydrogen-bond donors (Lipinski definition) is 3. The van der Waals surface area contributed by atoms with Crippen molar-refractivity contribution in [2.75, 3.05) is 0 Å². The van der Waals surface area contributed by atoms with Crippen LogP contribution in [-0.2, 0) is 0 Å². The molecule has 0 aliphatic rings. The molecule has 5 nitrogen and oxygen atoms in total. The third kappa shape index (κ3) is 1.44. The van der Waals surface area contributed by atoms with Crippen molar-refractivity contribution in [2.24, 2.45) is 5.84 Å². The molecule has 0 spiro atoms. The standard InChI is InChI=1S/C12H10N4O/c13-16-12(17)7-3-4-10-9(6-7)8-2-1-5-14-11(8)15-10/h1-6H,13H2,(H,14,15)(H,16,17). The van der Waals surface area contributed by atoms with Gasteiger partial charge in [-0.15, -0.1) is 0 Å². The van der Waals surface area contributed by atoms with Gasteiger partial charge in [-0.1, -0.05) is 0 Å². The van der Waals surface area contributed by atoms with Crippen LogP contribution in [0.5, 0.6) is 0 Å². The van der Waals surface area contributed by atoms with Crippen molar-refractivity contribution in [2.45, 2.75) is 0 Å². The van der Waals surface area contributed by atoms with E-state index >= 15 is 0 Å². The lowest BCUT2D eigenvalue weighted by atomic mass is 10.1. The molecule has 0 aliphatic carbocycles. The Morgan fingerprint density at radius 1 is 1.29 bits per heavy atom. The second kappa shape index (κ2) is 3.57. The molecule has 3 aromatic rings. The second-order valence-corrected chi connectivity index (χ2v) is 3.76. The minimum atomic E-state index is -0.301. The Bertz CT molecular complexity index is 717. The number of fused-ring (bicyclic) bond motifs is 3. The number of H-pyrrole nitrogens is 1. The Balaban J connectivity index is 2.33. The van der Waals surface area contributed by atoms with Gasteiger partial charge in [-0.3, -0.25) is 10.2 Å². The van der Waals surface area contributed by atoms with E-state index in [1.807, 2.05) is 18.2 Å². The Hall–Kier alpha value is -2.40. The van der Waals surface area contributed by atoms with E-state index in [2.05, 4.69) is 15.4 Å². The van der Waals surface area contributed by atoms with Crippen LogP contribution in [0.4, 0.5) is 0 Å². The van der Waals surface area contributed by atoms with Crippen LogP contribution in [-0.4, -0.2) is 15.9 Å². The van der Waals surface area contributed by atoms with Crippen LogP contribution in [0, 0.1) is 0 Å². The monoisotopic (exact) mass is 226 g/mol. The third-order valence-corrected chi connectivity index (χ3v) is 2.76. The number of aromatic nitrogens is 2. The van der Waals surface area contributed by atoms with E-state index in [0.29, 0.717) is 5.56 Å². The predicted octanol–water partition coefficient (Wildman–Crippen LogP) is 1.32. The van der Waals surface area contributed by atoms with Crippen LogP contribution in [0.1, 0.15) is 10.4 Å². The maximum Gasteiger partial charge on any atom is 0.265 e. The number of rotatable bonds is 1. The highest BCUT2D eigenvalue weighted by molar-refractivity contribution is 6.08. The number of carbonyl (C=O) groups is 1. The van der Waals surface area contributed by atoms with Crippen molar-refractivity contribution in [3.05, 3.63) is 42.1 Å². The van der Waals surface area contributed by atoms with Gasteiger partial charge < -0.3 is 4.98 Å². The summed E-state index contributed by atoms with van der Waals surface area (Å²) >= 11 is 0. The minimum absolute atomic E-state index is 0.301. The van der Waals surface area contributed by atoms with Crippen LogP contribution in [0.25, 0.3) is 21.9 Å². The van der Waals surface area contributed by atoms with Crippen LogP contribution in [0.2, 0.25) is 0 Å². The van der Waals surface area contributed by atoms with E-state index in [0.717, 1.165) is 21.9 Å². The van der Waals surface area contributed by atoms with Crippen molar-refractivity contribution >= 4 is 27.8 Å². The molecule has 0 fully saturated rings. The highest BCUT2D eigenvalue weighted by Crippen LogP contribution is 2.24. The number of pyridine rings is 1. The summed E-state index contributed by atoms with van der Waals surface area (Å²) in [6, 6.07) is 9.20. The number of nitrogens with one attached hydrogen (secondary N) is 2. The highest BCUT2D eigenvalue weighted by Gasteiger charge is 2.08. The maximum absolute atomic E-state index is 11.5. The first-order valence-corrected chi connectivity index (χ1v) is 5.17. The fourth-order valence-electron chi connectivity index (χ4n) is 1.95. The molecule has 3 rings (SSSR count). The zero-order valence-corrected chi connectivity index (χ0v) is 8.90. The molecule has 2 aromatic heterocycles. The molecule has 0 unspecified atom stereocenters. The molecular formula is C12H10N4O. The average Bonchev–Trinajstić information content (AvgIpc) is 2.75. The molecule has 0 radical (unpaired) electrons. The largest absolute Gasteiger partial charge is 0.339 e. The number of hydrogen-bond acceptors (Lipinski definition) is 3. The zero-order chi connectivity index (χ0) is 11.8. The second-order valence-electron chi connectivity index (χ2n) is 3.76. The summed E-state index contributed by atoms with van der Waals surface area (Å²) < 4.78 is 0. The van der Waals surface area contributed by atoms with E-state index in [1.165, 1.54) is 0 Å². The van der Waals surface area contributed by atoms with Gasteiger partial charge in [0.1, 0.15) is 5.65 Å². The SMILES string of the molecule is NNC(=O)c1ccc2[nH]c3ncccc3c2c1. The molecule has 0 saturated carbocycles. The highest BCUT2D eigenvalue weighted by atomic mass is 16.2. The smallest absolute Gasteiger partial charge is 0.265 e. The first-order valence-electron chi connectivity index (χ1n) is 5.17. The summed E-state index contributed by atoms with van der Waals surface area (Å²) in [4.78, 5) is 18.9. The number of aromatic amines is 1. The maximum atomic E-state index is 11.5. The van der Waals surface area contributed by atoms with Gasteiger partial charge in [0.2, 0.25) is 0 Å². The van der Waals surface area contributed by atoms with Gasteiger partial charge in [-0.25, -0.2) is 10.8 Å². The predicted molar refractivity (Wildman–Crippen MR) is 65.3 cm³/mol. The lowest BCUT2D eigenvalue weighted by molar-refractivity contribution is 0.0954. The van der Waals surface area contributed by atoms with E-state index in [9.17, 15) is 4.79 Å². The molecule has 2 heterocycles. The number of nitrogens with zero attached hydrogens (tertiary/aromatic N) is 1. The third-order valence-electron chi connectivity index (χ3n) is 2.76. The van der Waals surface area contributed by atoms with Crippen LogP contribution in [0.3, 0.4) is 0 Å². The van der Waals surface area contributed by atoms with Gasteiger partial charge in [0.15, 0.2) is 0 Å². The van der Waals surface area contributed by atoms with E-state index in [1.54, 1.807) is 18.3 Å². The molecule has 0 aliphatic heterocycles. The Kier molecular flexibility index (Phi) is 2.06. The molecular weight excluding hydrogens is 216 g/mol. The number of amides is 1. The van der Waals surface area contributed by atoms with Crippen molar-refractivity contribution in [3.8, 4) is 0 Å². The summed E-state index contributed by atoms with van der Waals surface area (Å²) in [5, 5.41) is 1.96. The van der Waals surface area contributed by atoms with Gasteiger partial charge >= 0.3 is 0 Å². The van der Waals surface area contributed by atoms with Gasteiger partial charge in [-0.2, -0.15) is 0 Å². The quantitative estimate of drug-likeness (QED) is 0.332. The van der Waals surface area contributed by atoms with Crippen LogP contribution in [0.15, 0.2) is 36.5 Å². The minimum Gasteiger partial charge on any atom is -0.339 e. The van der Waals surface area contributed by atoms with E-state index in [4.69, 9.17) is 5.84 Å². The number of carbonyl (C=O) groups excluding carboxylic acids is 1. The summed E-state index contributed by atoms with van der Waals surface area (Å²) in [7, 11) is 0. The number of nitrogens with two attached hydrogens (primary N) is 1.